The van der Waals surface area contributed by atoms with E-state index in [1.54, 1.807) is 14.2 Å². The van der Waals surface area contributed by atoms with E-state index in [0.717, 1.165) is 36.6 Å². The third-order valence-corrected chi connectivity index (χ3v) is 3.44. The summed E-state index contributed by atoms with van der Waals surface area (Å²) in [5.74, 6) is 1.72. The Kier molecular flexibility index (Phi) is 4.06. The minimum absolute atomic E-state index is 0.107. The Labute approximate surface area is 108 Å². The fourth-order valence-corrected chi connectivity index (χ4v) is 2.42. The van der Waals surface area contributed by atoms with Gasteiger partial charge in [0.25, 0.3) is 0 Å². The quantitative estimate of drug-likeness (QED) is 0.882. The summed E-state index contributed by atoms with van der Waals surface area (Å²) in [6.07, 6.45) is 1.04. The molecule has 0 aromatic heterocycles. The van der Waals surface area contributed by atoms with Crippen LogP contribution in [0.3, 0.4) is 0 Å². The van der Waals surface area contributed by atoms with E-state index in [1.807, 2.05) is 18.2 Å². The molecule has 1 saturated heterocycles. The minimum atomic E-state index is -0.107. The van der Waals surface area contributed by atoms with Crippen molar-refractivity contribution in [3.8, 4) is 17.6 Å². The zero-order chi connectivity index (χ0) is 13.0. The molecule has 4 heteroatoms. The van der Waals surface area contributed by atoms with Crippen molar-refractivity contribution in [3.05, 3.63) is 23.8 Å². The van der Waals surface area contributed by atoms with E-state index in [9.17, 15) is 5.26 Å². The maximum Gasteiger partial charge on any atom is 0.122 e. The van der Waals surface area contributed by atoms with Crippen molar-refractivity contribution < 1.29 is 9.47 Å². The average molecular weight is 246 g/mol. The molecular weight excluding hydrogens is 228 g/mol. The number of nitrogens with one attached hydrogen (secondary N) is 1. The normalized spacial score (nSPS) is 20.2. The highest BCUT2D eigenvalue weighted by atomic mass is 16.5. The van der Waals surface area contributed by atoms with Gasteiger partial charge in [0.2, 0.25) is 0 Å². The first kappa shape index (κ1) is 12.7. The first-order valence-corrected chi connectivity index (χ1v) is 6.11. The Morgan fingerprint density at radius 3 is 2.39 bits per heavy atom. The van der Waals surface area contributed by atoms with Crippen LogP contribution in [0.5, 0.6) is 11.5 Å². The molecule has 2 unspecified atom stereocenters. The van der Waals surface area contributed by atoms with E-state index in [4.69, 9.17) is 9.47 Å². The molecule has 0 amide bonds. The number of ether oxygens (including phenoxy) is 2. The van der Waals surface area contributed by atoms with Crippen molar-refractivity contribution in [1.82, 2.24) is 5.32 Å². The smallest absolute Gasteiger partial charge is 0.122 e. The second kappa shape index (κ2) is 5.74. The van der Waals surface area contributed by atoms with Crippen LogP contribution in [0.15, 0.2) is 18.2 Å². The van der Waals surface area contributed by atoms with Crippen molar-refractivity contribution in [2.24, 2.45) is 5.92 Å². The Balaban J connectivity index is 2.32. The highest BCUT2D eigenvalue weighted by molar-refractivity contribution is 5.42. The topological polar surface area (TPSA) is 54.3 Å². The highest BCUT2D eigenvalue weighted by Crippen LogP contribution is 2.33. The third-order valence-electron chi connectivity index (χ3n) is 3.44. The Morgan fingerprint density at radius 2 is 1.94 bits per heavy atom. The zero-order valence-electron chi connectivity index (χ0n) is 10.8. The fraction of sp³-hybridized carbons (Fsp3) is 0.500. The lowest BCUT2D eigenvalue weighted by molar-refractivity contribution is 0.392. The SMILES string of the molecule is COc1cc(OC)cc(C(C#N)C2CCNC2)c1. The van der Waals surface area contributed by atoms with Gasteiger partial charge in [-0.05, 0) is 43.1 Å². The molecule has 1 aromatic carbocycles. The minimum Gasteiger partial charge on any atom is -0.497 e. The zero-order valence-corrected chi connectivity index (χ0v) is 10.8. The molecule has 1 aromatic rings. The summed E-state index contributed by atoms with van der Waals surface area (Å²) in [5.41, 5.74) is 0.974. The lowest BCUT2D eigenvalue weighted by Gasteiger charge is -2.17. The van der Waals surface area contributed by atoms with Crippen LogP contribution in [-0.2, 0) is 0 Å². The molecule has 2 atom stereocenters. The number of rotatable bonds is 4. The van der Waals surface area contributed by atoms with E-state index in [-0.39, 0.29) is 5.92 Å². The predicted molar refractivity (Wildman–Crippen MR) is 68.9 cm³/mol. The second-order valence-corrected chi connectivity index (χ2v) is 4.51. The van der Waals surface area contributed by atoms with Gasteiger partial charge < -0.3 is 14.8 Å². The molecule has 0 saturated carbocycles. The van der Waals surface area contributed by atoms with E-state index in [0.29, 0.717) is 5.92 Å². The fourth-order valence-electron chi connectivity index (χ4n) is 2.42. The van der Waals surface area contributed by atoms with Crippen molar-refractivity contribution in [1.29, 1.82) is 5.26 Å². The highest BCUT2D eigenvalue weighted by Gasteiger charge is 2.26. The monoisotopic (exact) mass is 246 g/mol. The number of nitrogens with zero attached hydrogens (tertiary/aromatic N) is 1. The molecule has 18 heavy (non-hydrogen) atoms. The maximum atomic E-state index is 9.41. The Morgan fingerprint density at radius 1 is 1.28 bits per heavy atom. The molecule has 1 aliphatic heterocycles. The lowest BCUT2D eigenvalue weighted by Crippen LogP contribution is -2.15. The van der Waals surface area contributed by atoms with E-state index in [2.05, 4.69) is 11.4 Å². The van der Waals surface area contributed by atoms with Crippen LogP contribution in [0.25, 0.3) is 0 Å². The van der Waals surface area contributed by atoms with Crippen molar-refractivity contribution >= 4 is 0 Å². The van der Waals surface area contributed by atoms with Gasteiger partial charge in [0.15, 0.2) is 0 Å². The lowest BCUT2D eigenvalue weighted by atomic mass is 9.86. The Hall–Kier alpha value is -1.73. The van der Waals surface area contributed by atoms with Gasteiger partial charge in [0.1, 0.15) is 11.5 Å². The van der Waals surface area contributed by atoms with Crippen LogP contribution in [0.2, 0.25) is 0 Å². The number of nitriles is 1. The maximum absolute atomic E-state index is 9.41. The standard InChI is InChI=1S/C14H18N2O2/c1-17-12-5-11(6-13(7-12)18-2)14(8-15)10-3-4-16-9-10/h5-7,10,14,16H,3-4,9H2,1-2H3. The van der Waals surface area contributed by atoms with Gasteiger partial charge in [-0.2, -0.15) is 5.26 Å². The molecule has 0 bridgehead atoms. The first-order valence-electron chi connectivity index (χ1n) is 6.11. The molecule has 1 N–H and O–H groups in total. The molecule has 96 valence electrons. The average Bonchev–Trinajstić information content (AvgIpc) is 2.93. The third kappa shape index (κ3) is 2.57. The van der Waals surface area contributed by atoms with Crippen LogP contribution in [0.1, 0.15) is 17.9 Å². The molecule has 0 spiro atoms. The number of benzene rings is 1. The van der Waals surface area contributed by atoms with Crippen molar-refractivity contribution in [2.45, 2.75) is 12.3 Å². The molecule has 0 radical (unpaired) electrons. The van der Waals surface area contributed by atoms with E-state index >= 15 is 0 Å². The molecule has 1 aliphatic rings. The van der Waals surface area contributed by atoms with E-state index < -0.39 is 0 Å². The summed E-state index contributed by atoms with van der Waals surface area (Å²) < 4.78 is 10.5. The summed E-state index contributed by atoms with van der Waals surface area (Å²) in [6.45, 7) is 1.89. The first-order chi connectivity index (χ1) is 8.78. The van der Waals surface area contributed by atoms with Gasteiger partial charge in [-0.3, -0.25) is 0 Å². The number of hydrogen-bond donors (Lipinski definition) is 1. The van der Waals surface area contributed by atoms with Crippen LogP contribution < -0.4 is 14.8 Å². The Bertz CT molecular complexity index is 425. The summed E-state index contributed by atoms with van der Waals surface area (Å²) >= 11 is 0. The summed E-state index contributed by atoms with van der Waals surface area (Å²) in [5, 5.41) is 12.7. The summed E-state index contributed by atoms with van der Waals surface area (Å²) in [6, 6.07) is 8.09. The van der Waals surface area contributed by atoms with Gasteiger partial charge in [-0.15, -0.1) is 0 Å². The molecule has 4 nitrogen and oxygen atoms in total. The molecule has 1 heterocycles. The second-order valence-electron chi connectivity index (χ2n) is 4.51. The van der Waals surface area contributed by atoms with Crippen molar-refractivity contribution in [2.75, 3.05) is 27.3 Å². The molecular formula is C14H18N2O2. The van der Waals surface area contributed by atoms with E-state index in [1.165, 1.54) is 0 Å². The summed E-state index contributed by atoms with van der Waals surface area (Å²) in [4.78, 5) is 0. The predicted octanol–water partition coefficient (Wildman–Crippen LogP) is 1.92. The van der Waals surface area contributed by atoms with Crippen LogP contribution in [0, 0.1) is 17.2 Å². The number of hydrogen-bond acceptors (Lipinski definition) is 4. The van der Waals surface area contributed by atoms with Crippen LogP contribution in [0.4, 0.5) is 0 Å². The van der Waals surface area contributed by atoms with Gasteiger partial charge in [-0.25, -0.2) is 0 Å². The molecule has 0 aliphatic carbocycles. The van der Waals surface area contributed by atoms with Gasteiger partial charge in [0.05, 0.1) is 26.2 Å². The summed E-state index contributed by atoms with van der Waals surface area (Å²) in [7, 11) is 3.24. The van der Waals surface area contributed by atoms with Gasteiger partial charge >= 0.3 is 0 Å². The van der Waals surface area contributed by atoms with Crippen molar-refractivity contribution in [3.63, 3.8) is 0 Å². The van der Waals surface area contributed by atoms with Gasteiger partial charge in [0, 0.05) is 6.07 Å². The van der Waals surface area contributed by atoms with Gasteiger partial charge in [-0.1, -0.05) is 0 Å². The molecule has 1 fully saturated rings. The largest absolute Gasteiger partial charge is 0.497 e. The molecule has 2 rings (SSSR count). The van der Waals surface area contributed by atoms with Crippen LogP contribution >= 0.6 is 0 Å². The number of methoxy groups -OCH3 is 2. The van der Waals surface area contributed by atoms with Crippen LogP contribution in [-0.4, -0.2) is 27.3 Å².